The summed E-state index contributed by atoms with van der Waals surface area (Å²) in [6.45, 7) is 0. The molecule has 0 saturated heterocycles. The van der Waals surface area contributed by atoms with Crippen LogP contribution in [0.15, 0.2) is 97.1 Å². The molecule has 2 atom stereocenters. The monoisotopic (exact) mass is 462 g/mol. The van der Waals surface area contributed by atoms with Gasteiger partial charge in [-0.2, -0.15) is 0 Å². The minimum absolute atomic E-state index is 0.148. The molecule has 2 unspecified atom stereocenters. The van der Waals surface area contributed by atoms with Crippen LogP contribution in [0.2, 0.25) is 0 Å². The summed E-state index contributed by atoms with van der Waals surface area (Å²) in [7, 11) is 0. The molecule has 4 aromatic rings. The summed E-state index contributed by atoms with van der Waals surface area (Å²) >= 11 is 0. The van der Waals surface area contributed by atoms with E-state index in [1.165, 1.54) is 72.8 Å². The first-order valence-electron chi connectivity index (χ1n) is 10.4. The highest BCUT2D eigenvalue weighted by atomic mass is 19.1. The zero-order chi connectivity index (χ0) is 24.2. The Morgan fingerprint density at radius 1 is 0.412 bits per heavy atom. The zero-order valence-electron chi connectivity index (χ0n) is 17.7. The molecule has 170 valence electrons. The fraction of sp³-hybridized carbons (Fsp3) is 0.0714. The molecule has 0 aliphatic heterocycles. The van der Waals surface area contributed by atoms with Crippen molar-refractivity contribution in [2.75, 3.05) is 0 Å². The summed E-state index contributed by atoms with van der Waals surface area (Å²) in [6.07, 6.45) is 0. The van der Waals surface area contributed by atoms with E-state index in [0.717, 1.165) is 24.3 Å². The van der Waals surface area contributed by atoms with Crippen LogP contribution in [0.3, 0.4) is 0 Å². The van der Waals surface area contributed by atoms with Crippen molar-refractivity contribution in [3.8, 4) is 0 Å². The molecule has 0 amide bonds. The van der Waals surface area contributed by atoms with Gasteiger partial charge >= 0.3 is 0 Å². The molecule has 0 aliphatic rings. The van der Waals surface area contributed by atoms with Crippen LogP contribution in [0.25, 0.3) is 0 Å². The van der Waals surface area contributed by atoms with Crippen molar-refractivity contribution in [2.24, 2.45) is 0 Å². The van der Waals surface area contributed by atoms with E-state index < -0.39 is 46.7 Å². The van der Waals surface area contributed by atoms with E-state index in [1.807, 2.05) is 0 Å². The van der Waals surface area contributed by atoms with Gasteiger partial charge in [0.05, 0.1) is 11.8 Å². The highest BCUT2D eigenvalue weighted by molar-refractivity contribution is 6.09. The van der Waals surface area contributed by atoms with E-state index in [-0.39, 0.29) is 11.1 Å². The Bertz CT molecular complexity index is 1190. The van der Waals surface area contributed by atoms with E-state index in [9.17, 15) is 27.2 Å². The van der Waals surface area contributed by atoms with Gasteiger partial charge in [-0.05, 0) is 83.9 Å². The molecular weight excluding hydrogens is 444 g/mol. The predicted octanol–water partition coefficient (Wildman–Crippen LogP) is 6.88. The largest absolute Gasteiger partial charge is 0.293 e. The molecule has 0 aromatic heterocycles. The van der Waals surface area contributed by atoms with Gasteiger partial charge in [-0.3, -0.25) is 9.59 Å². The molecule has 2 nitrogen and oxygen atoms in total. The molecule has 4 aromatic carbocycles. The van der Waals surface area contributed by atoms with E-state index in [4.69, 9.17) is 0 Å². The highest BCUT2D eigenvalue weighted by Gasteiger charge is 2.37. The number of hydrogen-bond acceptors (Lipinski definition) is 2. The van der Waals surface area contributed by atoms with Crippen LogP contribution >= 0.6 is 0 Å². The van der Waals surface area contributed by atoms with Crippen LogP contribution in [0.4, 0.5) is 17.6 Å². The maximum absolute atomic E-state index is 13.7. The van der Waals surface area contributed by atoms with Crippen molar-refractivity contribution in [1.29, 1.82) is 0 Å². The molecule has 34 heavy (non-hydrogen) atoms. The number of carbonyl (C=O) groups is 2. The van der Waals surface area contributed by atoms with Gasteiger partial charge in [-0.25, -0.2) is 17.6 Å². The van der Waals surface area contributed by atoms with Crippen LogP contribution in [0, 0.1) is 23.3 Å². The first-order valence-corrected chi connectivity index (χ1v) is 10.4. The number of benzene rings is 4. The second-order valence-electron chi connectivity index (χ2n) is 7.80. The number of Topliss-reactive ketones (excluding diaryl/α,β-unsaturated/α-hetero) is 2. The number of ketones is 2. The van der Waals surface area contributed by atoms with E-state index >= 15 is 0 Å². The van der Waals surface area contributed by atoms with Crippen LogP contribution in [0.5, 0.6) is 0 Å². The van der Waals surface area contributed by atoms with Gasteiger partial charge < -0.3 is 0 Å². The number of carbonyl (C=O) groups excluding carboxylic acids is 2. The number of halogens is 4. The summed E-state index contributed by atoms with van der Waals surface area (Å²) in [5, 5.41) is 0. The quantitative estimate of drug-likeness (QED) is 0.222. The average molecular weight is 462 g/mol. The molecule has 0 heterocycles. The Labute approximate surface area is 193 Å². The molecule has 0 radical (unpaired) electrons. The molecule has 0 fully saturated rings. The lowest BCUT2D eigenvalue weighted by Gasteiger charge is -2.26. The SMILES string of the molecule is O=C(c1ccc(F)cc1)C(c1ccc(F)cc1)C(C(=O)c1ccc(F)cc1)c1ccc(F)cc1. The molecule has 4 rings (SSSR count). The van der Waals surface area contributed by atoms with E-state index in [0.29, 0.717) is 11.1 Å². The van der Waals surface area contributed by atoms with E-state index in [2.05, 4.69) is 0 Å². The van der Waals surface area contributed by atoms with Gasteiger partial charge in [0.25, 0.3) is 0 Å². The summed E-state index contributed by atoms with van der Waals surface area (Å²) in [5.41, 5.74) is 0.991. The van der Waals surface area contributed by atoms with Gasteiger partial charge in [-0.15, -0.1) is 0 Å². The third-order valence-electron chi connectivity index (χ3n) is 5.61. The minimum atomic E-state index is -1.14. The average Bonchev–Trinajstić information content (AvgIpc) is 2.84. The Morgan fingerprint density at radius 2 is 0.647 bits per heavy atom. The Balaban J connectivity index is 1.90. The van der Waals surface area contributed by atoms with Crippen molar-refractivity contribution in [3.05, 3.63) is 143 Å². The zero-order valence-corrected chi connectivity index (χ0v) is 17.7. The summed E-state index contributed by atoms with van der Waals surface area (Å²) in [6, 6.07) is 20.0. The lowest BCUT2D eigenvalue weighted by molar-refractivity contribution is 0.0866. The third kappa shape index (κ3) is 4.96. The second kappa shape index (κ2) is 9.83. The van der Waals surface area contributed by atoms with Gasteiger partial charge in [0.15, 0.2) is 11.6 Å². The third-order valence-corrected chi connectivity index (χ3v) is 5.61. The maximum Gasteiger partial charge on any atom is 0.171 e. The van der Waals surface area contributed by atoms with E-state index in [1.54, 1.807) is 0 Å². The second-order valence-corrected chi connectivity index (χ2v) is 7.80. The standard InChI is InChI=1S/C28H18F4O2/c29-21-9-1-17(2-10-21)25(27(33)19-5-13-23(31)14-6-19)26(18-3-11-22(30)12-4-18)28(34)20-7-15-24(32)16-8-20/h1-16,25-26H. The molecule has 0 aliphatic carbocycles. The summed E-state index contributed by atoms with van der Waals surface area (Å²) in [5.74, 6) is -5.42. The smallest absolute Gasteiger partial charge is 0.171 e. The minimum Gasteiger partial charge on any atom is -0.293 e. The predicted molar refractivity (Wildman–Crippen MR) is 120 cm³/mol. The topological polar surface area (TPSA) is 34.1 Å². The fourth-order valence-corrected chi connectivity index (χ4v) is 3.92. The molecule has 0 saturated carbocycles. The highest BCUT2D eigenvalue weighted by Crippen LogP contribution is 2.38. The lowest BCUT2D eigenvalue weighted by atomic mass is 9.73. The van der Waals surface area contributed by atoms with Crippen LogP contribution in [0.1, 0.15) is 43.7 Å². The van der Waals surface area contributed by atoms with Gasteiger partial charge in [0.2, 0.25) is 0 Å². The maximum atomic E-state index is 13.7. The van der Waals surface area contributed by atoms with Crippen molar-refractivity contribution in [1.82, 2.24) is 0 Å². The number of hydrogen-bond donors (Lipinski definition) is 0. The van der Waals surface area contributed by atoms with Crippen LogP contribution in [-0.2, 0) is 0 Å². The first-order chi connectivity index (χ1) is 16.3. The molecule has 0 N–H and O–H groups in total. The normalized spacial score (nSPS) is 12.7. The van der Waals surface area contributed by atoms with Crippen molar-refractivity contribution >= 4 is 11.6 Å². The Morgan fingerprint density at radius 3 is 0.912 bits per heavy atom. The Kier molecular flexibility index (Phi) is 6.68. The Hall–Kier alpha value is -4.06. The lowest BCUT2D eigenvalue weighted by Crippen LogP contribution is -2.27. The molecule has 0 spiro atoms. The van der Waals surface area contributed by atoms with Crippen molar-refractivity contribution in [2.45, 2.75) is 11.8 Å². The summed E-state index contributed by atoms with van der Waals surface area (Å²) in [4.78, 5) is 27.4. The summed E-state index contributed by atoms with van der Waals surface area (Å²) < 4.78 is 54.3. The molecular formula is C28H18F4O2. The van der Waals surface area contributed by atoms with Crippen molar-refractivity contribution in [3.63, 3.8) is 0 Å². The van der Waals surface area contributed by atoms with Crippen LogP contribution < -0.4 is 0 Å². The molecule has 0 bridgehead atoms. The van der Waals surface area contributed by atoms with Gasteiger partial charge in [-0.1, -0.05) is 24.3 Å². The van der Waals surface area contributed by atoms with Gasteiger partial charge in [0, 0.05) is 11.1 Å². The van der Waals surface area contributed by atoms with Crippen molar-refractivity contribution < 1.29 is 27.2 Å². The van der Waals surface area contributed by atoms with Crippen LogP contribution in [-0.4, -0.2) is 11.6 Å². The molecule has 6 heteroatoms. The first kappa shape index (κ1) is 23.1. The number of rotatable bonds is 7. The van der Waals surface area contributed by atoms with Gasteiger partial charge in [0.1, 0.15) is 23.3 Å². The fourth-order valence-electron chi connectivity index (χ4n) is 3.92.